The molecule has 1 heterocycles. The van der Waals surface area contributed by atoms with Crippen molar-refractivity contribution in [3.63, 3.8) is 0 Å². The molecule has 4 aromatic rings. The van der Waals surface area contributed by atoms with Gasteiger partial charge in [0.1, 0.15) is 0 Å². The number of fused-ring (bicyclic) bond motifs is 1. The molecule has 7 nitrogen and oxygen atoms in total. The van der Waals surface area contributed by atoms with Crippen molar-refractivity contribution >= 4 is 28.7 Å². The number of nitrogens with one attached hydrogen (secondary N) is 2. The van der Waals surface area contributed by atoms with Crippen LogP contribution in [-0.2, 0) is 0 Å². The number of carbonyl (C=O) groups excluding carboxylic acids is 1. The zero-order valence-corrected chi connectivity index (χ0v) is 21.7. The van der Waals surface area contributed by atoms with Crippen molar-refractivity contribution in [2.75, 3.05) is 21.3 Å². The summed E-state index contributed by atoms with van der Waals surface area (Å²) >= 11 is 0. The summed E-state index contributed by atoms with van der Waals surface area (Å²) in [4.78, 5) is 21.5. The van der Waals surface area contributed by atoms with Crippen molar-refractivity contribution in [3.8, 4) is 17.2 Å². The van der Waals surface area contributed by atoms with Crippen LogP contribution in [0.5, 0.6) is 17.2 Å². The third kappa shape index (κ3) is 4.52. The minimum absolute atomic E-state index is 0.240. The number of methoxy groups -OCH3 is 3. The third-order valence-corrected chi connectivity index (χ3v) is 6.66. The molecule has 36 heavy (non-hydrogen) atoms. The lowest BCUT2D eigenvalue weighted by Crippen LogP contribution is -2.22. The molecular weight excluding hydrogens is 454 g/mol. The van der Waals surface area contributed by atoms with E-state index in [0.29, 0.717) is 34.3 Å². The Morgan fingerprint density at radius 2 is 1.47 bits per heavy atom. The van der Waals surface area contributed by atoms with Gasteiger partial charge in [-0.05, 0) is 85.9 Å². The second-order valence-corrected chi connectivity index (χ2v) is 8.65. The molecular formula is C29H31N3O4. The van der Waals surface area contributed by atoms with Gasteiger partial charge in [0.15, 0.2) is 17.3 Å². The number of aromatic amines is 1. The largest absolute Gasteiger partial charge is 0.493 e. The predicted molar refractivity (Wildman–Crippen MR) is 143 cm³/mol. The number of hydrogen-bond acceptors (Lipinski definition) is 5. The first-order chi connectivity index (χ1) is 17.3. The van der Waals surface area contributed by atoms with E-state index in [4.69, 9.17) is 19.2 Å². The van der Waals surface area contributed by atoms with Gasteiger partial charge in [-0.25, -0.2) is 4.98 Å². The fourth-order valence-corrected chi connectivity index (χ4v) is 4.27. The second kappa shape index (κ2) is 10.2. The van der Waals surface area contributed by atoms with Gasteiger partial charge in [-0.2, -0.15) is 0 Å². The van der Waals surface area contributed by atoms with Gasteiger partial charge in [0.05, 0.1) is 38.1 Å². The maximum absolute atomic E-state index is 13.2. The van der Waals surface area contributed by atoms with Crippen LogP contribution in [0.2, 0.25) is 0 Å². The number of benzene rings is 3. The number of ether oxygens (including phenoxy) is 3. The Morgan fingerprint density at radius 1 is 0.861 bits per heavy atom. The quantitative estimate of drug-likeness (QED) is 0.348. The lowest BCUT2D eigenvalue weighted by molar-refractivity contribution is 0.0973. The van der Waals surface area contributed by atoms with Crippen LogP contribution in [0.1, 0.15) is 44.0 Å². The number of amides is 1. The van der Waals surface area contributed by atoms with E-state index in [2.05, 4.69) is 38.0 Å². The third-order valence-electron chi connectivity index (χ3n) is 6.66. The van der Waals surface area contributed by atoms with Gasteiger partial charge >= 0.3 is 0 Å². The van der Waals surface area contributed by atoms with Crippen LogP contribution in [0, 0.1) is 27.7 Å². The Bertz CT molecular complexity index is 1400. The molecule has 4 rings (SSSR count). The Labute approximate surface area is 211 Å². The monoisotopic (exact) mass is 485 g/mol. The summed E-state index contributed by atoms with van der Waals surface area (Å²) in [5, 5.41) is 3.05. The summed E-state index contributed by atoms with van der Waals surface area (Å²) in [6, 6.07) is 12.7. The highest BCUT2D eigenvalue weighted by atomic mass is 16.5. The van der Waals surface area contributed by atoms with Gasteiger partial charge in [0, 0.05) is 5.56 Å². The number of imidazole rings is 1. The first kappa shape index (κ1) is 24.9. The molecule has 1 aromatic heterocycles. The predicted octanol–water partition coefficient (Wildman–Crippen LogP) is 5.75. The summed E-state index contributed by atoms with van der Waals surface area (Å²) in [5.41, 5.74) is 8.32. The van der Waals surface area contributed by atoms with E-state index in [0.717, 1.165) is 27.7 Å². The van der Waals surface area contributed by atoms with Gasteiger partial charge in [-0.3, -0.25) is 4.79 Å². The molecule has 0 spiro atoms. The molecule has 0 unspecified atom stereocenters. The molecule has 2 N–H and O–H groups in total. The zero-order valence-electron chi connectivity index (χ0n) is 21.7. The summed E-state index contributed by atoms with van der Waals surface area (Å²) in [6.07, 6.45) is 1.84. The number of hydrogen-bond donors (Lipinski definition) is 2. The Morgan fingerprint density at radius 3 is 2.06 bits per heavy atom. The van der Waals surface area contributed by atoms with Crippen LogP contribution in [-0.4, -0.2) is 37.2 Å². The Kier molecular flexibility index (Phi) is 7.01. The summed E-state index contributed by atoms with van der Waals surface area (Å²) in [6.45, 7) is 8.37. The zero-order chi connectivity index (χ0) is 26.0. The topological polar surface area (TPSA) is 85.5 Å². The fraction of sp³-hybridized carbons (Fsp3) is 0.241. The van der Waals surface area contributed by atoms with Gasteiger partial charge < -0.3 is 24.5 Å². The summed E-state index contributed by atoms with van der Waals surface area (Å²) in [5.74, 6) is 1.83. The first-order valence-electron chi connectivity index (χ1n) is 11.6. The van der Waals surface area contributed by atoms with E-state index in [9.17, 15) is 4.79 Å². The van der Waals surface area contributed by atoms with E-state index >= 15 is 0 Å². The van der Waals surface area contributed by atoms with E-state index in [-0.39, 0.29) is 5.91 Å². The smallest absolute Gasteiger partial charge is 0.255 e. The highest BCUT2D eigenvalue weighted by Crippen LogP contribution is 2.39. The van der Waals surface area contributed by atoms with Crippen molar-refractivity contribution in [1.29, 1.82) is 0 Å². The SMILES string of the molecule is COc1cc(C=C(NC(=O)c2ccccc2)c2nc3c(C)c(C)c(C)c(C)c3[nH]2)cc(OC)c1OC. The lowest BCUT2D eigenvalue weighted by atomic mass is 9.98. The van der Waals surface area contributed by atoms with E-state index < -0.39 is 0 Å². The maximum Gasteiger partial charge on any atom is 0.255 e. The van der Waals surface area contributed by atoms with Gasteiger partial charge in [0.25, 0.3) is 5.91 Å². The summed E-state index contributed by atoms with van der Waals surface area (Å²) < 4.78 is 16.5. The Hall–Kier alpha value is -4.26. The average Bonchev–Trinajstić information content (AvgIpc) is 3.36. The highest BCUT2D eigenvalue weighted by molar-refractivity contribution is 6.02. The molecule has 0 saturated carbocycles. The number of rotatable bonds is 7. The molecule has 7 heteroatoms. The minimum atomic E-state index is -0.240. The maximum atomic E-state index is 13.2. The number of H-pyrrole nitrogens is 1. The van der Waals surface area contributed by atoms with Crippen molar-refractivity contribution in [2.45, 2.75) is 27.7 Å². The first-order valence-corrected chi connectivity index (χ1v) is 11.6. The molecule has 0 radical (unpaired) electrons. The lowest BCUT2D eigenvalue weighted by Gasteiger charge is -2.14. The van der Waals surface area contributed by atoms with Gasteiger partial charge in [-0.1, -0.05) is 18.2 Å². The molecule has 0 fully saturated rings. The molecule has 0 aliphatic heterocycles. The van der Waals surface area contributed by atoms with Gasteiger partial charge in [-0.15, -0.1) is 0 Å². The minimum Gasteiger partial charge on any atom is -0.493 e. The normalized spacial score (nSPS) is 11.5. The molecule has 0 bridgehead atoms. The van der Waals surface area contributed by atoms with Crippen molar-refractivity contribution in [1.82, 2.24) is 15.3 Å². The molecule has 3 aromatic carbocycles. The summed E-state index contributed by atoms with van der Waals surface area (Å²) in [7, 11) is 4.70. The number of aromatic nitrogens is 2. The molecule has 0 aliphatic rings. The van der Waals surface area contributed by atoms with Crippen LogP contribution >= 0.6 is 0 Å². The van der Waals surface area contributed by atoms with Crippen molar-refractivity contribution < 1.29 is 19.0 Å². The highest BCUT2D eigenvalue weighted by Gasteiger charge is 2.19. The molecule has 1 amide bonds. The molecule has 0 aliphatic carbocycles. The average molecular weight is 486 g/mol. The van der Waals surface area contributed by atoms with Crippen LogP contribution in [0.15, 0.2) is 42.5 Å². The molecule has 0 atom stereocenters. The fourth-order valence-electron chi connectivity index (χ4n) is 4.27. The Balaban J connectivity index is 1.90. The number of nitrogens with zero attached hydrogens (tertiary/aromatic N) is 1. The van der Waals surface area contributed by atoms with Crippen molar-refractivity contribution in [2.24, 2.45) is 0 Å². The van der Waals surface area contributed by atoms with Gasteiger partial charge in [0.2, 0.25) is 5.75 Å². The van der Waals surface area contributed by atoms with Crippen LogP contribution in [0.3, 0.4) is 0 Å². The van der Waals surface area contributed by atoms with E-state index in [1.807, 2.05) is 36.4 Å². The van der Waals surface area contributed by atoms with E-state index in [1.165, 1.54) is 11.1 Å². The standard InChI is InChI=1S/C29H31N3O4/c1-16-17(2)19(4)26-25(18(16)3)31-28(32-26)22(30-29(33)21-11-9-8-10-12-21)13-20-14-23(34-5)27(36-7)24(15-20)35-6/h8-15H,1-7H3,(H,30,33)(H,31,32). The van der Waals surface area contributed by atoms with Crippen LogP contribution in [0.4, 0.5) is 0 Å². The van der Waals surface area contributed by atoms with Crippen molar-refractivity contribution in [3.05, 3.63) is 81.7 Å². The van der Waals surface area contributed by atoms with Crippen LogP contribution < -0.4 is 19.5 Å². The van der Waals surface area contributed by atoms with Crippen LogP contribution in [0.25, 0.3) is 22.8 Å². The second-order valence-electron chi connectivity index (χ2n) is 8.65. The molecule has 0 saturated heterocycles. The number of carbonyl (C=O) groups is 1. The van der Waals surface area contributed by atoms with E-state index in [1.54, 1.807) is 33.5 Å². The number of aryl methyl sites for hydroxylation is 2. The molecule has 186 valence electrons.